The third-order valence-electron chi connectivity index (χ3n) is 5.27. The Kier molecular flexibility index (Phi) is 7.06. The van der Waals surface area contributed by atoms with Crippen molar-refractivity contribution in [3.8, 4) is 0 Å². The van der Waals surface area contributed by atoms with Crippen molar-refractivity contribution in [1.29, 1.82) is 0 Å². The molecule has 0 spiro atoms. The number of piperidine rings is 1. The quantitative estimate of drug-likeness (QED) is 0.684. The first-order valence-corrected chi connectivity index (χ1v) is 11.3. The van der Waals surface area contributed by atoms with E-state index in [0.29, 0.717) is 23.4 Å². The van der Waals surface area contributed by atoms with Crippen molar-refractivity contribution in [2.75, 3.05) is 18.0 Å². The highest BCUT2D eigenvalue weighted by atomic mass is 32.1. The topological polar surface area (TPSA) is 109 Å². The van der Waals surface area contributed by atoms with E-state index in [0.717, 1.165) is 24.4 Å². The molecule has 1 atom stereocenters. The maximum atomic E-state index is 12.8. The van der Waals surface area contributed by atoms with Gasteiger partial charge in [-0.3, -0.25) is 19.0 Å². The van der Waals surface area contributed by atoms with E-state index in [1.165, 1.54) is 22.2 Å². The summed E-state index contributed by atoms with van der Waals surface area (Å²) in [5.74, 6) is -0.0920. The van der Waals surface area contributed by atoms with Crippen LogP contribution in [0.1, 0.15) is 47.0 Å². The Morgan fingerprint density at radius 3 is 2.57 bits per heavy atom. The summed E-state index contributed by atoms with van der Waals surface area (Å²) in [7, 11) is 0. The van der Waals surface area contributed by atoms with Crippen molar-refractivity contribution in [3.63, 3.8) is 0 Å². The van der Waals surface area contributed by atoms with Gasteiger partial charge in [0.25, 0.3) is 5.56 Å². The van der Waals surface area contributed by atoms with Crippen LogP contribution in [-0.2, 0) is 16.1 Å². The highest BCUT2D eigenvalue weighted by Crippen LogP contribution is 2.29. The van der Waals surface area contributed by atoms with Gasteiger partial charge >= 0.3 is 0 Å². The number of rotatable bonds is 7. The van der Waals surface area contributed by atoms with Gasteiger partial charge in [-0.25, -0.2) is 4.98 Å². The van der Waals surface area contributed by atoms with Gasteiger partial charge in [0.2, 0.25) is 11.8 Å². The molecular weight excluding hydrogens is 404 g/mol. The van der Waals surface area contributed by atoms with Gasteiger partial charge in [0, 0.05) is 31.1 Å². The predicted molar refractivity (Wildman–Crippen MR) is 118 cm³/mol. The van der Waals surface area contributed by atoms with Gasteiger partial charge in [0.15, 0.2) is 10.8 Å². The lowest BCUT2D eigenvalue weighted by atomic mass is 9.96. The summed E-state index contributed by atoms with van der Waals surface area (Å²) in [4.78, 5) is 48.0. The second-order valence-corrected chi connectivity index (χ2v) is 9.11. The zero-order valence-electron chi connectivity index (χ0n) is 18.0. The number of hydrogen-bond acceptors (Lipinski definition) is 7. The highest BCUT2D eigenvalue weighted by Gasteiger charge is 2.27. The van der Waals surface area contributed by atoms with Crippen LogP contribution in [0, 0.1) is 5.92 Å². The molecule has 3 heterocycles. The summed E-state index contributed by atoms with van der Waals surface area (Å²) in [5, 5.41) is 6.57. The van der Waals surface area contributed by atoms with Crippen LogP contribution >= 0.6 is 11.3 Å². The van der Waals surface area contributed by atoms with Crippen LogP contribution in [0.15, 0.2) is 11.1 Å². The van der Waals surface area contributed by atoms with Crippen molar-refractivity contribution < 1.29 is 9.59 Å². The molecule has 1 fully saturated rings. The van der Waals surface area contributed by atoms with E-state index < -0.39 is 0 Å². The lowest BCUT2D eigenvalue weighted by Crippen LogP contribution is -2.42. The molecule has 0 saturated carbocycles. The number of anilines is 1. The summed E-state index contributed by atoms with van der Waals surface area (Å²) in [6.45, 7) is 9.19. The fourth-order valence-corrected chi connectivity index (χ4v) is 4.42. The average Bonchev–Trinajstić information content (AvgIpc) is 3.15. The fourth-order valence-electron chi connectivity index (χ4n) is 3.40. The van der Waals surface area contributed by atoms with Crippen LogP contribution in [0.4, 0.5) is 5.13 Å². The largest absolute Gasteiger partial charge is 0.354 e. The second kappa shape index (κ2) is 9.55. The van der Waals surface area contributed by atoms with Crippen LogP contribution < -0.4 is 21.1 Å². The Bertz CT molecular complexity index is 961. The molecule has 0 unspecified atom stereocenters. The lowest BCUT2D eigenvalue weighted by molar-refractivity contribution is -0.126. The molecule has 1 aliphatic heterocycles. The Labute approximate surface area is 179 Å². The molecule has 3 rings (SSSR count). The molecule has 0 aliphatic carbocycles. The van der Waals surface area contributed by atoms with Gasteiger partial charge in [-0.05, 0) is 40.0 Å². The summed E-state index contributed by atoms with van der Waals surface area (Å²) in [6, 6.07) is 0.200. The van der Waals surface area contributed by atoms with Gasteiger partial charge in [0.1, 0.15) is 17.6 Å². The van der Waals surface area contributed by atoms with Gasteiger partial charge in [0.05, 0.1) is 0 Å². The SMILES string of the molecule is CC[C@H](C)NC(=O)Cn1cnc2nc(N3CCC(C(=O)NC(C)C)CC3)sc2c1=O. The maximum absolute atomic E-state index is 12.8. The molecule has 0 bridgehead atoms. The molecule has 9 nitrogen and oxygen atoms in total. The summed E-state index contributed by atoms with van der Waals surface area (Å²) in [5.41, 5.74) is 0.146. The first-order valence-electron chi connectivity index (χ1n) is 10.5. The number of thiazole rings is 1. The van der Waals surface area contributed by atoms with E-state index in [1.807, 2.05) is 27.7 Å². The van der Waals surface area contributed by atoms with Crippen molar-refractivity contribution >= 4 is 38.6 Å². The number of carbonyl (C=O) groups excluding carboxylic acids is 2. The minimum atomic E-state index is -0.255. The third kappa shape index (κ3) is 5.16. The van der Waals surface area contributed by atoms with Gasteiger partial charge < -0.3 is 15.5 Å². The first-order chi connectivity index (χ1) is 14.3. The van der Waals surface area contributed by atoms with Crippen LogP contribution in [0.2, 0.25) is 0 Å². The molecule has 164 valence electrons. The maximum Gasteiger partial charge on any atom is 0.273 e. The zero-order chi connectivity index (χ0) is 21.8. The molecule has 2 amide bonds. The van der Waals surface area contributed by atoms with Gasteiger partial charge in [-0.1, -0.05) is 18.3 Å². The van der Waals surface area contributed by atoms with Crippen LogP contribution in [0.25, 0.3) is 10.3 Å². The molecular formula is C20H30N6O3S. The van der Waals surface area contributed by atoms with E-state index in [2.05, 4.69) is 25.5 Å². The molecule has 1 saturated heterocycles. The Balaban J connectivity index is 1.69. The van der Waals surface area contributed by atoms with Crippen molar-refractivity contribution in [1.82, 2.24) is 25.2 Å². The van der Waals surface area contributed by atoms with E-state index in [9.17, 15) is 14.4 Å². The number of hydrogen-bond donors (Lipinski definition) is 2. The molecule has 0 aromatic carbocycles. The number of amides is 2. The van der Waals surface area contributed by atoms with Crippen LogP contribution in [0.5, 0.6) is 0 Å². The van der Waals surface area contributed by atoms with Crippen LogP contribution in [0.3, 0.4) is 0 Å². The zero-order valence-corrected chi connectivity index (χ0v) is 18.8. The van der Waals surface area contributed by atoms with Crippen molar-refractivity contribution in [3.05, 3.63) is 16.7 Å². The number of fused-ring (bicyclic) bond motifs is 1. The first kappa shape index (κ1) is 22.2. The fraction of sp³-hybridized carbons (Fsp3) is 0.650. The normalized spacial score (nSPS) is 16.1. The Hall–Kier alpha value is -2.49. The van der Waals surface area contributed by atoms with Crippen molar-refractivity contribution in [2.24, 2.45) is 5.92 Å². The summed E-state index contributed by atoms with van der Waals surface area (Å²) >= 11 is 1.30. The molecule has 10 heteroatoms. The van der Waals surface area contributed by atoms with Gasteiger partial charge in [-0.15, -0.1) is 0 Å². The molecule has 2 N–H and O–H groups in total. The number of nitrogens with one attached hydrogen (secondary N) is 2. The Morgan fingerprint density at radius 2 is 1.93 bits per heavy atom. The van der Waals surface area contributed by atoms with E-state index in [1.54, 1.807) is 0 Å². The molecule has 0 radical (unpaired) electrons. The summed E-state index contributed by atoms with van der Waals surface area (Å²) in [6.07, 6.45) is 3.71. The number of aromatic nitrogens is 3. The molecule has 1 aliphatic rings. The van der Waals surface area contributed by atoms with E-state index >= 15 is 0 Å². The predicted octanol–water partition coefficient (Wildman–Crippen LogP) is 1.51. The van der Waals surface area contributed by atoms with E-state index in [-0.39, 0.29) is 41.9 Å². The van der Waals surface area contributed by atoms with E-state index in [4.69, 9.17) is 0 Å². The molecule has 2 aromatic rings. The monoisotopic (exact) mass is 434 g/mol. The smallest absolute Gasteiger partial charge is 0.273 e. The number of nitrogens with zero attached hydrogens (tertiary/aromatic N) is 4. The van der Waals surface area contributed by atoms with Crippen molar-refractivity contribution in [2.45, 2.75) is 65.6 Å². The standard InChI is InChI=1S/C20H30N6O3S/c1-5-13(4)23-15(27)10-26-11-21-17-16(19(26)29)30-20(24-17)25-8-6-14(7-9-25)18(28)22-12(2)3/h11-14H,5-10H2,1-4H3,(H,22,28)(H,23,27)/t13-/m0/s1. The van der Waals surface area contributed by atoms with Gasteiger partial charge in [-0.2, -0.15) is 4.98 Å². The molecule has 2 aromatic heterocycles. The van der Waals surface area contributed by atoms with Crippen LogP contribution in [-0.4, -0.2) is 51.5 Å². The minimum absolute atomic E-state index is 0.0115. The molecule has 30 heavy (non-hydrogen) atoms. The summed E-state index contributed by atoms with van der Waals surface area (Å²) < 4.78 is 1.77. The second-order valence-electron chi connectivity index (χ2n) is 8.13. The average molecular weight is 435 g/mol. The Morgan fingerprint density at radius 1 is 1.23 bits per heavy atom. The number of carbonyl (C=O) groups is 2. The highest BCUT2D eigenvalue weighted by molar-refractivity contribution is 7.22. The third-order valence-corrected chi connectivity index (χ3v) is 6.37. The lowest BCUT2D eigenvalue weighted by Gasteiger charge is -2.31. The minimum Gasteiger partial charge on any atom is -0.354 e.